The zero-order chi connectivity index (χ0) is 17.6. The molecule has 0 radical (unpaired) electrons. The Hall–Kier alpha value is -2.09. The second kappa shape index (κ2) is 8.14. The van der Waals surface area contributed by atoms with Crippen LogP contribution in [0.3, 0.4) is 0 Å². The van der Waals surface area contributed by atoms with E-state index in [0.29, 0.717) is 5.75 Å². The summed E-state index contributed by atoms with van der Waals surface area (Å²) in [7, 11) is -0.860. The Morgan fingerprint density at radius 3 is 2.42 bits per heavy atom. The van der Waals surface area contributed by atoms with E-state index in [9.17, 15) is 13.5 Å². The molecule has 7 heteroatoms. The molecule has 2 N–H and O–H groups in total. The number of sulfonamides is 1. The summed E-state index contributed by atoms with van der Waals surface area (Å²) < 4.78 is 37.5. The van der Waals surface area contributed by atoms with Gasteiger partial charge in [-0.1, -0.05) is 30.3 Å². The second-order valence-electron chi connectivity index (χ2n) is 5.13. The summed E-state index contributed by atoms with van der Waals surface area (Å²) in [5.41, 5.74) is 0.749. The van der Waals surface area contributed by atoms with E-state index < -0.39 is 16.1 Å². The fraction of sp³-hybridized carbons (Fsp3) is 0.294. The predicted octanol–water partition coefficient (Wildman–Crippen LogP) is 2.11. The molecule has 0 aliphatic heterocycles. The van der Waals surface area contributed by atoms with Crippen molar-refractivity contribution in [1.82, 2.24) is 4.72 Å². The van der Waals surface area contributed by atoms with Gasteiger partial charge in [0.2, 0.25) is 10.0 Å². The van der Waals surface area contributed by atoms with Crippen LogP contribution in [0.1, 0.15) is 18.1 Å². The smallest absolute Gasteiger partial charge is 0.244 e. The van der Waals surface area contributed by atoms with Gasteiger partial charge >= 0.3 is 0 Å². The molecule has 0 aliphatic rings. The van der Waals surface area contributed by atoms with Gasteiger partial charge in [0.25, 0.3) is 0 Å². The number of aliphatic hydroxyl groups excluding tert-OH is 1. The quantitative estimate of drug-likeness (QED) is 0.761. The number of methoxy groups -OCH3 is 2. The Morgan fingerprint density at radius 2 is 1.79 bits per heavy atom. The van der Waals surface area contributed by atoms with Crippen molar-refractivity contribution >= 4 is 10.0 Å². The molecular weight excluding hydrogens is 330 g/mol. The van der Waals surface area contributed by atoms with Crippen molar-refractivity contribution in [3.05, 3.63) is 54.1 Å². The molecule has 0 saturated carbocycles. The highest BCUT2D eigenvalue weighted by Crippen LogP contribution is 2.28. The second-order valence-corrected chi connectivity index (χ2v) is 6.87. The molecule has 0 bridgehead atoms. The number of hydrogen-bond donors (Lipinski definition) is 2. The van der Waals surface area contributed by atoms with E-state index in [1.165, 1.54) is 26.4 Å². The molecule has 1 atom stereocenters. The van der Waals surface area contributed by atoms with Gasteiger partial charge in [-0.05, 0) is 24.1 Å². The molecule has 0 aliphatic carbocycles. The van der Waals surface area contributed by atoms with Crippen LogP contribution < -0.4 is 14.2 Å². The lowest BCUT2D eigenvalue weighted by Gasteiger charge is -2.14. The van der Waals surface area contributed by atoms with Crippen molar-refractivity contribution in [3.63, 3.8) is 0 Å². The number of rotatable bonds is 8. The first-order chi connectivity index (χ1) is 11.5. The van der Waals surface area contributed by atoms with Gasteiger partial charge in [0.1, 0.15) is 16.4 Å². The third-order valence-electron chi connectivity index (χ3n) is 3.55. The monoisotopic (exact) mass is 351 g/mol. The third kappa shape index (κ3) is 4.47. The standard InChI is InChI=1S/C17H21NO5S/c1-22-14-8-9-17(16(12-14)23-2)24(20,21)18-11-10-15(19)13-6-4-3-5-7-13/h3-9,12,15,18-19H,10-11H2,1-2H3. The molecule has 0 heterocycles. The summed E-state index contributed by atoms with van der Waals surface area (Å²) in [4.78, 5) is 0.0278. The molecule has 0 spiro atoms. The summed E-state index contributed by atoms with van der Waals surface area (Å²) in [5.74, 6) is 0.704. The van der Waals surface area contributed by atoms with Gasteiger partial charge in [0.15, 0.2) is 0 Å². The lowest BCUT2D eigenvalue weighted by molar-refractivity contribution is 0.169. The normalized spacial score (nSPS) is 12.6. The van der Waals surface area contributed by atoms with Crippen LogP contribution >= 0.6 is 0 Å². The van der Waals surface area contributed by atoms with E-state index in [-0.39, 0.29) is 23.6 Å². The minimum atomic E-state index is -3.75. The van der Waals surface area contributed by atoms with Crippen molar-refractivity contribution in [2.75, 3.05) is 20.8 Å². The highest BCUT2D eigenvalue weighted by molar-refractivity contribution is 7.89. The summed E-state index contributed by atoms with van der Waals surface area (Å²) in [6.07, 6.45) is -0.464. The van der Waals surface area contributed by atoms with Gasteiger partial charge in [-0.15, -0.1) is 0 Å². The molecule has 0 fully saturated rings. The Bertz CT molecular complexity index is 762. The maximum atomic E-state index is 12.4. The maximum Gasteiger partial charge on any atom is 0.244 e. The molecule has 0 aromatic heterocycles. The van der Waals surface area contributed by atoms with Crippen LogP contribution in [-0.4, -0.2) is 34.3 Å². The minimum absolute atomic E-state index is 0.0278. The third-order valence-corrected chi connectivity index (χ3v) is 5.05. The van der Waals surface area contributed by atoms with E-state index in [4.69, 9.17) is 9.47 Å². The average molecular weight is 351 g/mol. The van der Waals surface area contributed by atoms with Crippen LogP contribution in [0.2, 0.25) is 0 Å². The van der Waals surface area contributed by atoms with E-state index >= 15 is 0 Å². The number of aliphatic hydroxyl groups is 1. The van der Waals surface area contributed by atoms with Crippen LogP contribution in [0.25, 0.3) is 0 Å². The van der Waals surface area contributed by atoms with E-state index in [2.05, 4.69) is 4.72 Å². The number of benzene rings is 2. The highest BCUT2D eigenvalue weighted by atomic mass is 32.2. The first-order valence-corrected chi connectivity index (χ1v) is 8.91. The first kappa shape index (κ1) is 18.3. The van der Waals surface area contributed by atoms with E-state index in [1.54, 1.807) is 18.2 Å². The van der Waals surface area contributed by atoms with Crippen LogP contribution in [0, 0.1) is 0 Å². The van der Waals surface area contributed by atoms with Gasteiger partial charge in [0, 0.05) is 12.6 Å². The molecule has 2 rings (SSSR count). The molecule has 6 nitrogen and oxygen atoms in total. The Balaban J connectivity index is 2.04. The summed E-state index contributed by atoms with van der Waals surface area (Å²) in [5, 5.41) is 10.1. The molecule has 24 heavy (non-hydrogen) atoms. The highest BCUT2D eigenvalue weighted by Gasteiger charge is 2.20. The fourth-order valence-electron chi connectivity index (χ4n) is 2.25. The molecule has 130 valence electrons. The molecule has 2 aromatic carbocycles. The number of nitrogens with one attached hydrogen (secondary N) is 1. The first-order valence-electron chi connectivity index (χ1n) is 7.42. The zero-order valence-electron chi connectivity index (χ0n) is 13.6. The Kier molecular flexibility index (Phi) is 6.19. The summed E-state index contributed by atoms with van der Waals surface area (Å²) in [6.45, 7) is 0.105. The van der Waals surface area contributed by atoms with E-state index in [0.717, 1.165) is 5.56 Å². The molecular formula is C17H21NO5S. The summed E-state index contributed by atoms with van der Waals surface area (Å²) >= 11 is 0. The lowest BCUT2D eigenvalue weighted by Crippen LogP contribution is -2.26. The van der Waals surface area contributed by atoms with Crippen molar-refractivity contribution in [1.29, 1.82) is 0 Å². The van der Waals surface area contributed by atoms with Crippen molar-refractivity contribution < 1.29 is 23.0 Å². The van der Waals surface area contributed by atoms with Crippen LogP contribution in [0.15, 0.2) is 53.4 Å². The SMILES string of the molecule is COc1ccc(S(=O)(=O)NCCC(O)c2ccccc2)c(OC)c1. The summed E-state index contributed by atoms with van der Waals surface area (Å²) in [6, 6.07) is 13.6. The molecule has 0 saturated heterocycles. The largest absolute Gasteiger partial charge is 0.497 e. The minimum Gasteiger partial charge on any atom is -0.497 e. The van der Waals surface area contributed by atoms with Gasteiger partial charge < -0.3 is 14.6 Å². The van der Waals surface area contributed by atoms with Gasteiger partial charge in [-0.25, -0.2) is 13.1 Å². The van der Waals surface area contributed by atoms with E-state index in [1.807, 2.05) is 18.2 Å². The van der Waals surface area contributed by atoms with Crippen LogP contribution in [0.4, 0.5) is 0 Å². The van der Waals surface area contributed by atoms with Crippen LogP contribution in [-0.2, 0) is 10.0 Å². The molecule has 2 aromatic rings. The molecule has 0 amide bonds. The number of hydrogen-bond acceptors (Lipinski definition) is 5. The zero-order valence-corrected chi connectivity index (χ0v) is 14.4. The van der Waals surface area contributed by atoms with Gasteiger partial charge in [-0.2, -0.15) is 0 Å². The maximum absolute atomic E-state index is 12.4. The average Bonchev–Trinajstić information content (AvgIpc) is 2.61. The Labute approximate surface area is 142 Å². The van der Waals surface area contributed by atoms with Gasteiger partial charge in [-0.3, -0.25) is 0 Å². The Morgan fingerprint density at radius 1 is 1.08 bits per heavy atom. The van der Waals surface area contributed by atoms with Crippen molar-refractivity contribution in [2.45, 2.75) is 17.4 Å². The topological polar surface area (TPSA) is 84.9 Å². The van der Waals surface area contributed by atoms with Gasteiger partial charge in [0.05, 0.1) is 20.3 Å². The number of ether oxygens (including phenoxy) is 2. The van der Waals surface area contributed by atoms with Crippen molar-refractivity contribution in [2.24, 2.45) is 0 Å². The lowest BCUT2D eigenvalue weighted by atomic mass is 10.1. The van der Waals surface area contributed by atoms with Crippen LogP contribution in [0.5, 0.6) is 11.5 Å². The predicted molar refractivity (Wildman–Crippen MR) is 90.8 cm³/mol. The fourth-order valence-corrected chi connectivity index (χ4v) is 3.44. The molecule has 1 unspecified atom stereocenters. The van der Waals surface area contributed by atoms with Crippen molar-refractivity contribution in [3.8, 4) is 11.5 Å².